The first-order valence-electron chi connectivity index (χ1n) is 3.40. The van der Waals surface area contributed by atoms with Crippen molar-refractivity contribution in [1.29, 1.82) is 5.53 Å². The fourth-order valence-electron chi connectivity index (χ4n) is 0.819. The number of rotatable bonds is 3. The summed E-state index contributed by atoms with van der Waals surface area (Å²) in [6.07, 6.45) is 0.627. The van der Waals surface area contributed by atoms with Crippen molar-refractivity contribution in [2.45, 2.75) is 6.42 Å². The first kappa shape index (κ1) is 7.72. The van der Waals surface area contributed by atoms with Crippen molar-refractivity contribution in [3.8, 4) is 0 Å². The topological polar surface area (TPSA) is 49.9 Å². The summed E-state index contributed by atoms with van der Waals surface area (Å²) in [6, 6.07) is 10.3. The third-order valence-corrected chi connectivity index (χ3v) is 1.39. The fourth-order valence-corrected chi connectivity index (χ4v) is 0.819. The average molecular weight is 149 g/mol. The third kappa shape index (κ3) is 2.80. The van der Waals surface area contributed by atoms with Gasteiger partial charge in [-0.15, -0.1) is 0 Å². The van der Waals surface area contributed by atoms with E-state index in [-0.39, 0.29) is 11.4 Å². The van der Waals surface area contributed by atoms with E-state index in [1.807, 2.05) is 12.1 Å². The molecule has 0 amide bonds. The fraction of sp³-hybridized carbons (Fsp3) is 0.250. The van der Waals surface area contributed by atoms with Crippen LogP contribution in [0.15, 0.2) is 24.3 Å². The second-order valence-corrected chi connectivity index (χ2v) is 2.26. The highest BCUT2D eigenvalue weighted by Gasteiger charge is 1.94. The maximum atomic E-state index is 10.2. The van der Waals surface area contributed by atoms with E-state index < -0.39 is 0 Å². The van der Waals surface area contributed by atoms with Crippen LogP contribution in [0.5, 0.6) is 0 Å². The molecule has 1 radical (unpaired) electrons. The number of nitrogens with one attached hydrogen (secondary N) is 1. The first-order chi connectivity index (χ1) is 5.29. The van der Waals surface area contributed by atoms with Crippen molar-refractivity contribution in [3.63, 3.8) is 0 Å². The molecule has 0 atom stereocenters. The van der Waals surface area contributed by atoms with Crippen LogP contribution >= 0.6 is 0 Å². The van der Waals surface area contributed by atoms with Gasteiger partial charge in [-0.3, -0.25) is 0 Å². The van der Waals surface area contributed by atoms with Gasteiger partial charge in [0.1, 0.15) is 0 Å². The van der Waals surface area contributed by atoms with E-state index in [4.69, 9.17) is 5.53 Å². The maximum absolute atomic E-state index is 10.2. The van der Waals surface area contributed by atoms with Gasteiger partial charge in [0, 0.05) is 6.42 Å². The number of hydrogen-bond donors (Lipinski definition) is 1. The summed E-state index contributed by atoms with van der Waals surface area (Å²) in [4.78, 5) is 0.191. The maximum Gasteiger partial charge on any atom is 0.184 e. The van der Waals surface area contributed by atoms with Crippen LogP contribution in [0, 0.1) is 16.8 Å². The van der Waals surface area contributed by atoms with E-state index in [9.17, 15) is 5.21 Å². The molecule has 0 bridgehead atoms. The van der Waals surface area contributed by atoms with E-state index in [0.29, 0.717) is 6.42 Å². The predicted octanol–water partition coefficient (Wildman–Crippen LogP) is 1.57. The standard InChI is InChI=1S/C8H9N2O/c9-10(11)7-6-8-4-2-1-3-5-8/h2-5,9H,6-7H2. The highest BCUT2D eigenvalue weighted by molar-refractivity contribution is 5.13. The highest BCUT2D eigenvalue weighted by atomic mass is 16.5. The van der Waals surface area contributed by atoms with Crippen LogP contribution < -0.4 is 0 Å². The van der Waals surface area contributed by atoms with Crippen LogP contribution in [0.2, 0.25) is 0 Å². The van der Waals surface area contributed by atoms with Gasteiger partial charge >= 0.3 is 0 Å². The second kappa shape index (κ2) is 3.71. The predicted molar refractivity (Wildman–Crippen MR) is 40.2 cm³/mol. The van der Waals surface area contributed by atoms with Crippen LogP contribution in [-0.2, 0) is 6.42 Å². The molecule has 57 valence electrons. The van der Waals surface area contributed by atoms with E-state index in [1.165, 1.54) is 0 Å². The molecule has 11 heavy (non-hydrogen) atoms. The zero-order valence-corrected chi connectivity index (χ0v) is 6.08. The van der Waals surface area contributed by atoms with Gasteiger partial charge in [0.05, 0.1) is 0 Å². The lowest BCUT2D eigenvalue weighted by atomic mass is 10.2. The molecule has 1 N–H and O–H groups in total. The summed E-state index contributed by atoms with van der Waals surface area (Å²) in [5.74, 6) is 0. The molecule has 3 nitrogen and oxygen atoms in total. The van der Waals surface area contributed by atoms with Crippen LogP contribution in [0.25, 0.3) is 0 Å². The highest BCUT2D eigenvalue weighted by Crippen LogP contribution is 1.98. The average Bonchev–Trinajstić information content (AvgIpc) is 2.03. The van der Waals surface area contributed by atoms with E-state index in [1.54, 1.807) is 12.1 Å². The quantitative estimate of drug-likeness (QED) is 0.396. The third-order valence-electron chi connectivity index (χ3n) is 1.39. The number of benzene rings is 1. The lowest BCUT2D eigenvalue weighted by Gasteiger charge is -1.97. The van der Waals surface area contributed by atoms with E-state index in [2.05, 4.69) is 6.07 Å². The first-order valence-corrected chi connectivity index (χ1v) is 3.40. The van der Waals surface area contributed by atoms with Crippen molar-refractivity contribution < 1.29 is 4.86 Å². The smallest absolute Gasteiger partial charge is 0.184 e. The molecule has 0 saturated heterocycles. The van der Waals surface area contributed by atoms with Crippen molar-refractivity contribution in [2.75, 3.05) is 6.54 Å². The monoisotopic (exact) mass is 149 g/mol. The van der Waals surface area contributed by atoms with Gasteiger partial charge in [0.25, 0.3) is 0 Å². The van der Waals surface area contributed by atoms with Crippen LogP contribution in [0.4, 0.5) is 0 Å². The molecule has 0 fully saturated rings. The Bertz CT molecular complexity index is 233. The van der Waals surface area contributed by atoms with E-state index in [0.717, 1.165) is 5.56 Å². The Hall–Kier alpha value is -1.38. The summed E-state index contributed by atoms with van der Waals surface area (Å²) in [5.41, 5.74) is 7.66. The Labute approximate surface area is 65.4 Å². The van der Waals surface area contributed by atoms with Crippen LogP contribution in [-0.4, -0.2) is 11.4 Å². The SMILES string of the molecule is N=[N+]([O-])CCc1cc[c]cc1. The van der Waals surface area contributed by atoms with Gasteiger partial charge in [0.2, 0.25) is 0 Å². The van der Waals surface area contributed by atoms with Crippen LogP contribution in [0.1, 0.15) is 5.56 Å². The molecule has 0 aromatic heterocycles. The van der Waals surface area contributed by atoms with Crippen molar-refractivity contribution >= 4 is 0 Å². The molecular weight excluding hydrogens is 140 g/mol. The molecule has 0 saturated carbocycles. The molecule has 0 aliphatic rings. The normalized spacial score (nSPS) is 9.45. The number of hydrogen-bond acceptors (Lipinski definition) is 2. The Morgan fingerprint density at radius 3 is 2.64 bits per heavy atom. The summed E-state index contributed by atoms with van der Waals surface area (Å²) in [5, 5.41) is 10.2. The minimum Gasteiger partial charge on any atom is -0.600 e. The van der Waals surface area contributed by atoms with Gasteiger partial charge in [-0.25, -0.2) is 0 Å². The van der Waals surface area contributed by atoms with Gasteiger partial charge in [-0.05, 0) is 17.2 Å². The Morgan fingerprint density at radius 2 is 2.09 bits per heavy atom. The van der Waals surface area contributed by atoms with Crippen LogP contribution in [0.3, 0.4) is 0 Å². The summed E-state index contributed by atoms with van der Waals surface area (Å²) >= 11 is 0. The Kier molecular flexibility index (Phi) is 2.60. The summed E-state index contributed by atoms with van der Waals surface area (Å²) < 4.78 is 0. The molecule has 0 aliphatic carbocycles. The molecule has 0 aliphatic heterocycles. The minimum absolute atomic E-state index is 0.191. The molecule has 0 spiro atoms. The van der Waals surface area contributed by atoms with Gasteiger partial charge < -0.3 is 5.21 Å². The molecule has 1 aromatic rings. The molecule has 0 unspecified atom stereocenters. The molecule has 0 heterocycles. The zero-order valence-electron chi connectivity index (χ0n) is 6.08. The van der Waals surface area contributed by atoms with Crippen molar-refractivity contribution in [1.82, 2.24) is 0 Å². The molecule has 1 rings (SSSR count). The minimum atomic E-state index is 0.191. The Balaban J connectivity index is 2.45. The summed E-state index contributed by atoms with van der Waals surface area (Å²) in [6.45, 7) is 0.226. The largest absolute Gasteiger partial charge is 0.600 e. The van der Waals surface area contributed by atoms with Gasteiger partial charge in [-0.1, -0.05) is 29.1 Å². The summed E-state index contributed by atoms with van der Waals surface area (Å²) in [7, 11) is 0. The van der Waals surface area contributed by atoms with Crippen molar-refractivity contribution in [2.24, 2.45) is 0 Å². The van der Waals surface area contributed by atoms with Crippen molar-refractivity contribution in [3.05, 3.63) is 41.1 Å². The lowest BCUT2D eigenvalue weighted by molar-refractivity contribution is -0.551. The molecule has 3 heteroatoms. The van der Waals surface area contributed by atoms with E-state index >= 15 is 0 Å². The zero-order chi connectivity index (χ0) is 8.10. The lowest BCUT2D eigenvalue weighted by Crippen LogP contribution is -2.03. The Morgan fingerprint density at radius 1 is 1.45 bits per heavy atom. The van der Waals surface area contributed by atoms with Gasteiger partial charge in [0.15, 0.2) is 6.54 Å². The molecular formula is C8H9N2O. The van der Waals surface area contributed by atoms with Gasteiger partial charge in [-0.2, -0.15) is 0 Å². The number of nitrogens with zero attached hydrogens (tertiary/aromatic N) is 1. The second-order valence-electron chi connectivity index (χ2n) is 2.26. The number of hydroxylamine groups is 1. The molecule has 1 aromatic carbocycles.